The lowest BCUT2D eigenvalue weighted by Gasteiger charge is -2.24. The lowest BCUT2D eigenvalue weighted by molar-refractivity contribution is -0.133. The number of nitrogens with zero attached hydrogens (tertiary/aromatic N) is 3. The molecule has 5 nitrogen and oxygen atoms in total. The first kappa shape index (κ1) is 14.8. The summed E-state index contributed by atoms with van der Waals surface area (Å²) in [6, 6.07) is 2.32. The molecule has 1 aliphatic rings. The minimum absolute atomic E-state index is 0.0250. The van der Waals surface area contributed by atoms with E-state index in [-0.39, 0.29) is 5.75 Å². The number of hydrogen-bond donors (Lipinski definition) is 1. The van der Waals surface area contributed by atoms with Crippen molar-refractivity contribution in [1.29, 1.82) is 0 Å². The van der Waals surface area contributed by atoms with Gasteiger partial charge in [0.1, 0.15) is 5.52 Å². The summed E-state index contributed by atoms with van der Waals surface area (Å²) in [5, 5.41) is 9.68. The summed E-state index contributed by atoms with van der Waals surface area (Å²) in [5.41, 5.74) is 1.68. The van der Waals surface area contributed by atoms with Crippen LogP contribution in [0.1, 0.15) is 38.1 Å². The Balaban J connectivity index is 2.03. The van der Waals surface area contributed by atoms with Gasteiger partial charge in [0, 0.05) is 16.7 Å². The first-order valence-electron chi connectivity index (χ1n) is 7.03. The molecule has 3 rings (SSSR count). The second-order valence-electron chi connectivity index (χ2n) is 5.23. The van der Waals surface area contributed by atoms with E-state index in [1.165, 1.54) is 31.0 Å². The number of fused-ring (bicyclic) bond motifs is 1. The predicted octanol–water partition coefficient (Wildman–Crippen LogP) is 3.88. The smallest absolute Gasteiger partial charge is 0.313 e. The molecule has 2 heterocycles. The highest BCUT2D eigenvalue weighted by Gasteiger charge is 2.23. The number of hydrogen-bond acceptors (Lipinski definition) is 4. The van der Waals surface area contributed by atoms with Gasteiger partial charge < -0.3 is 9.67 Å². The van der Waals surface area contributed by atoms with Gasteiger partial charge in [-0.1, -0.05) is 31.0 Å². The van der Waals surface area contributed by atoms with Gasteiger partial charge in [0.2, 0.25) is 0 Å². The van der Waals surface area contributed by atoms with E-state index in [2.05, 4.69) is 30.5 Å². The Kier molecular flexibility index (Phi) is 4.49. The maximum absolute atomic E-state index is 10.8. The van der Waals surface area contributed by atoms with Crippen LogP contribution in [0, 0.1) is 0 Å². The van der Waals surface area contributed by atoms with Crippen molar-refractivity contribution in [3.05, 3.63) is 16.7 Å². The molecule has 0 spiro atoms. The number of carboxylic acids is 1. The molecule has 0 bridgehead atoms. The van der Waals surface area contributed by atoms with Gasteiger partial charge in [-0.2, -0.15) is 0 Å². The summed E-state index contributed by atoms with van der Waals surface area (Å²) >= 11 is 4.69. The number of aliphatic carboxylic acids is 1. The molecule has 1 fully saturated rings. The van der Waals surface area contributed by atoms with Gasteiger partial charge in [0.15, 0.2) is 10.8 Å². The van der Waals surface area contributed by atoms with Crippen LogP contribution in [0.2, 0.25) is 0 Å². The molecule has 1 aliphatic carbocycles. The molecule has 2 aromatic rings. The van der Waals surface area contributed by atoms with Crippen molar-refractivity contribution >= 4 is 44.8 Å². The first-order valence-corrected chi connectivity index (χ1v) is 8.81. The lowest BCUT2D eigenvalue weighted by Crippen LogP contribution is -2.14. The summed E-state index contributed by atoms with van der Waals surface area (Å²) in [7, 11) is 0. The van der Waals surface area contributed by atoms with Crippen molar-refractivity contribution in [2.24, 2.45) is 0 Å². The number of pyridine rings is 1. The fraction of sp³-hybridized carbons (Fsp3) is 0.500. The van der Waals surface area contributed by atoms with Crippen LogP contribution in [-0.2, 0) is 4.79 Å². The van der Waals surface area contributed by atoms with Crippen LogP contribution < -0.4 is 0 Å². The van der Waals surface area contributed by atoms with Crippen LogP contribution >= 0.6 is 27.7 Å². The molecule has 1 N–H and O–H groups in total. The molecular weight excluding hydrogens is 354 g/mol. The van der Waals surface area contributed by atoms with Crippen molar-refractivity contribution in [1.82, 2.24) is 14.5 Å². The SMILES string of the molecule is O=C(O)CSc1nc2cc(Br)cnc2n1C1CCCCC1. The van der Waals surface area contributed by atoms with E-state index in [9.17, 15) is 4.79 Å². The molecular formula is C14H16BrN3O2S. The summed E-state index contributed by atoms with van der Waals surface area (Å²) < 4.78 is 3.03. The zero-order valence-electron chi connectivity index (χ0n) is 11.5. The normalized spacial score (nSPS) is 16.4. The number of aromatic nitrogens is 3. The number of thioether (sulfide) groups is 1. The molecule has 1 saturated carbocycles. The maximum atomic E-state index is 10.8. The van der Waals surface area contributed by atoms with E-state index < -0.39 is 5.97 Å². The van der Waals surface area contributed by atoms with E-state index in [0.29, 0.717) is 6.04 Å². The zero-order valence-corrected chi connectivity index (χ0v) is 13.9. The molecule has 0 aliphatic heterocycles. The molecule has 0 radical (unpaired) electrons. The number of halogens is 1. The van der Waals surface area contributed by atoms with Gasteiger partial charge in [-0.25, -0.2) is 9.97 Å². The highest BCUT2D eigenvalue weighted by Crippen LogP contribution is 2.35. The Morgan fingerprint density at radius 2 is 2.19 bits per heavy atom. The van der Waals surface area contributed by atoms with E-state index in [1.807, 2.05) is 6.07 Å². The summed E-state index contributed by atoms with van der Waals surface area (Å²) in [5.74, 6) is -0.798. The minimum atomic E-state index is -0.823. The largest absolute Gasteiger partial charge is 0.481 e. The minimum Gasteiger partial charge on any atom is -0.481 e. The predicted molar refractivity (Wildman–Crippen MR) is 85.7 cm³/mol. The first-order chi connectivity index (χ1) is 10.1. The molecule has 112 valence electrons. The van der Waals surface area contributed by atoms with Gasteiger partial charge in [-0.3, -0.25) is 4.79 Å². The Hall–Kier alpha value is -1.08. The van der Waals surface area contributed by atoms with E-state index in [1.54, 1.807) is 6.20 Å². The third-order valence-corrected chi connectivity index (χ3v) is 5.10. The van der Waals surface area contributed by atoms with Crippen molar-refractivity contribution in [3.63, 3.8) is 0 Å². The van der Waals surface area contributed by atoms with Crippen LogP contribution in [0.4, 0.5) is 0 Å². The summed E-state index contributed by atoms with van der Waals surface area (Å²) in [4.78, 5) is 19.9. The maximum Gasteiger partial charge on any atom is 0.313 e. The molecule has 0 amide bonds. The average molecular weight is 370 g/mol. The number of carboxylic acid groups (broad SMARTS) is 1. The molecule has 2 aromatic heterocycles. The van der Waals surface area contributed by atoms with Gasteiger partial charge in [-0.05, 0) is 34.8 Å². The Labute approximate surface area is 135 Å². The van der Waals surface area contributed by atoms with Crippen LogP contribution in [0.5, 0.6) is 0 Å². The van der Waals surface area contributed by atoms with Crippen molar-refractivity contribution in [2.75, 3.05) is 5.75 Å². The van der Waals surface area contributed by atoms with Crippen molar-refractivity contribution < 1.29 is 9.90 Å². The molecule has 0 atom stereocenters. The Bertz CT molecular complexity index is 668. The quantitative estimate of drug-likeness (QED) is 0.828. The van der Waals surface area contributed by atoms with E-state index >= 15 is 0 Å². The third-order valence-electron chi connectivity index (χ3n) is 3.73. The lowest BCUT2D eigenvalue weighted by atomic mass is 9.95. The second-order valence-corrected chi connectivity index (χ2v) is 7.09. The number of carbonyl (C=O) groups is 1. The average Bonchev–Trinajstić information content (AvgIpc) is 2.83. The summed E-state index contributed by atoms with van der Waals surface area (Å²) in [6.07, 6.45) is 7.70. The van der Waals surface area contributed by atoms with Crippen LogP contribution in [0.25, 0.3) is 11.2 Å². The van der Waals surface area contributed by atoms with Crippen LogP contribution in [0.3, 0.4) is 0 Å². The molecule has 0 aromatic carbocycles. The van der Waals surface area contributed by atoms with Crippen molar-refractivity contribution in [2.45, 2.75) is 43.3 Å². The molecule has 7 heteroatoms. The molecule has 0 saturated heterocycles. The van der Waals surface area contributed by atoms with Gasteiger partial charge >= 0.3 is 5.97 Å². The van der Waals surface area contributed by atoms with Gasteiger partial charge in [0.05, 0.1) is 5.75 Å². The van der Waals surface area contributed by atoms with Gasteiger partial charge in [0.25, 0.3) is 0 Å². The second kappa shape index (κ2) is 6.36. The number of rotatable bonds is 4. The van der Waals surface area contributed by atoms with Gasteiger partial charge in [-0.15, -0.1) is 0 Å². The molecule has 0 unspecified atom stereocenters. The standard InChI is InChI=1S/C14H16BrN3O2S/c15-9-6-11-13(16-7-9)18(10-4-2-1-3-5-10)14(17-11)21-8-12(19)20/h6-7,10H,1-5,8H2,(H,19,20). The van der Waals surface area contributed by atoms with Crippen LogP contribution in [0.15, 0.2) is 21.9 Å². The Morgan fingerprint density at radius 1 is 1.43 bits per heavy atom. The fourth-order valence-corrected chi connectivity index (χ4v) is 3.94. The van der Waals surface area contributed by atoms with Crippen LogP contribution in [-0.4, -0.2) is 31.4 Å². The van der Waals surface area contributed by atoms with Crippen molar-refractivity contribution in [3.8, 4) is 0 Å². The Morgan fingerprint density at radius 3 is 2.90 bits per heavy atom. The zero-order chi connectivity index (χ0) is 14.8. The van der Waals surface area contributed by atoms with E-state index in [0.717, 1.165) is 33.6 Å². The third kappa shape index (κ3) is 3.23. The summed E-state index contributed by atoms with van der Waals surface area (Å²) in [6.45, 7) is 0. The monoisotopic (exact) mass is 369 g/mol. The highest BCUT2D eigenvalue weighted by atomic mass is 79.9. The topological polar surface area (TPSA) is 68.0 Å². The molecule has 21 heavy (non-hydrogen) atoms. The highest BCUT2D eigenvalue weighted by molar-refractivity contribution is 9.10. The van der Waals surface area contributed by atoms with E-state index in [4.69, 9.17) is 5.11 Å². The number of imidazole rings is 1. The fourth-order valence-electron chi connectivity index (χ4n) is 2.83.